The normalized spacial score (nSPS) is 17.8. The summed E-state index contributed by atoms with van der Waals surface area (Å²) in [6.07, 6.45) is 1.46. The molecule has 2 aliphatic rings. The van der Waals surface area contributed by atoms with Crippen LogP contribution in [0.2, 0.25) is 0 Å². The molecule has 2 saturated heterocycles. The van der Waals surface area contributed by atoms with Crippen LogP contribution in [0.25, 0.3) is 11.3 Å². The molecule has 0 bridgehead atoms. The van der Waals surface area contributed by atoms with Crippen molar-refractivity contribution in [3.63, 3.8) is 0 Å². The second kappa shape index (κ2) is 14.7. The lowest BCUT2D eigenvalue weighted by atomic mass is 10.1. The lowest BCUT2D eigenvalue weighted by Gasteiger charge is -2.34. The summed E-state index contributed by atoms with van der Waals surface area (Å²) in [6.45, 7) is 8.44. The molecule has 3 aromatic rings. The zero-order valence-electron chi connectivity index (χ0n) is 25.8. The summed E-state index contributed by atoms with van der Waals surface area (Å²) in [5, 5.41) is 11.9. The third-order valence-corrected chi connectivity index (χ3v) is 9.26. The number of alkyl halides is 3. The Labute approximate surface area is 269 Å². The zero-order chi connectivity index (χ0) is 32.8. The maximum Gasteiger partial charge on any atom is 0.419 e. The van der Waals surface area contributed by atoms with Crippen molar-refractivity contribution in [2.75, 3.05) is 56.1 Å². The van der Waals surface area contributed by atoms with Crippen LogP contribution in [0.15, 0.2) is 30.6 Å². The lowest BCUT2D eigenvalue weighted by molar-refractivity contribution is -0.139. The Hall–Kier alpha value is -3.82. The first-order valence-electron chi connectivity index (χ1n) is 15.5. The van der Waals surface area contributed by atoms with E-state index in [1.165, 1.54) is 29.8 Å². The molecule has 2 aromatic heterocycles. The van der Waals surface area contributed by atoms with Gasteiger partial charge in [0.1, 0.15) is 17.3 Å². The van der Waals surface area contributed by atoms with Crippen molar-refractivity contribution < 1.29 is 32.6 Å². The molecule has 0 radical (unpaired) electrons. The van der Waals surface area contributed by atoms with E-state index >= 15 is 0 Å². The molecule has 0 spiro atoms. The second-order valence-electron chi connectivity index (χ2n) is 11.3. The van der Waals surface area contributed by atoms with Crippen LogP contribution in [0, 0.1) is 0 Å². The van der Waals surface area contributed by atoms with Gasteiger partial charge in [0, 0.05) is 55.8 Å². The number of carbonyl (C=O) groups is 2. The SMILES string of the molecule is CCOc1ccc(-c2nc(NC(=O)c3cnc(N4CCN(CCC(=O)O)CC4)cn3)sc2CN2CCC[C@H]2CC)cc1C(F)(F)F. The molecule has 15 heteroatoms. The number of ether oxygens (including phenoxy) is 1. The summed E-state index contributed by atoms with van der Waals surface area (Å²) in [6, 6.07) is 4.33. The van der Waals surface area contributed by atoms with E-state index in [0.29, 0.717) is 62.4 Å². The number of piperazine rings is 1. The van der Waals surface area contributed by atoms with Gasteiger partial charge in [-0.05, 0) is 50.9 Å². The number of hydrogen-bond donors (Lipinski definition) is 2. The van der Waals surface area contributed by atoms with E-state index in [9.17, 15) is 22.8 Å². The van der Waals surface area contributed by atoms with Crippen LogP contribution in [0.1, 0.15) is 60.5 Å². The van der Waals surface area contributed by atoms with Gasteiger partial charge in [-0.3, -0.25) is 24.7 Å². The number of nitrogens with one attached hydrogen (secondary N) is 1. The van der Waals surface area contributed by atoms with Crippen molar-refractivity contribution in [3.05, 3.63) is 46.7 Å². The number of aromatic nitrogens is 3. The van der Waals surface area contributed by atoms with Crippen LogP contribution in [-0.2, 0) is 17.5 Å². The Kier molecular flexibility index (Phi) is 10.7. The minimum atomic E-state index is -4.62. The minimum Gasteiger partial charge on any atom is -0.493 e. The summed E-state index contributed by atoms with van der Waals surface area (Å²) < 4.78 is 47.2. The lowest BCUT2D eigenvalue weighted by Crippen LogP contribution is -2.47. The number of carboxylic acids is 1. The number of anilines is 2. The third-order valence-electron chi connectivity index (χ3n) is 8.30. The van der Waals surface area contributed by atoms with Crippen molar-refractivity contribution in [1.82, 2.24) is 24.8 Å². The van der Waals surface area contributed by atoms with E-state index in [0.717, 1.165) is 36.8 Å². The van der Waals surface area contributed by atoms with E-state index < -0.39 is 23.6 Å². The fourth-order valence-electron chi connectivity index (χ4n) is 5.89. The minimum absolute atomic E-state index is 0.0770. The number of carboxylic acid groups (broad SMARTS) is 1. The van der Waals surface area contributed by atoms with Gasteiger partial charge in [-0.1, -0.05) is 18.3 Å². The Morgan fingerprint density at radius 2 is 1.89 bits per heavy atom. The number of nitrogens with zero attached hydrogens (tertiary/aromatic N) is 6. The zero-order valence-corrected chi connectivity index (χ0v) is 26.7. The maximum absolute atomic E-state index is 14.0. The van der Waals surface area contributed by atoms with Crippen molar-refractivity contribution in [2.45, 2.75) is 58.3 Å². The molecule has 11 nitrogen and oxygen atoms in total. The first-order chi connectivity index (χ1) is 22.0. The van der Waals surface area contributed by atoms with Gasteiger partial charge in [-0.15, -0.1) is 0 Å². The molecule has 2 fully saturated rings. The van der Waals surface area contributed by atoms with E-state index in [1.54, 1.807) is 13.0 Å². The molecule has 1 amide bonds. The van der Waals surface area contributed by atoms with Crippen molar-refractivity contribution in [2.24, 2.45) is 0 Å². The van der Waals surface area contributed by atoms with Crippen molar-refractivity contribution >= 4 is 34.2 Å². The van der Waals surface area contributed by atoms with Crippen LogP contribution < -0.4 is 15.0 Å². The van der Waals surface area contributed by atoms with Crippen LogP contribution in [0.4, 0.5) is 24.1 Å². The first kappa shape index (κ1) is 33.5. The molecule has 4 heterocycles. The predicted molar refractivity (Wildman–Crippen MR) is 168 cm³/mol. The summed E-state index contributed by atoms with van der Waals surface area (Å²) in [4.78, 5) is 44.6. The molecule has 5 rings (SSSR count). The van der Waals surface area contributed by atoms with Gasteiger partial charge in [0.25, 0.3) is 5.91 Å². The topological polar surface area (TPSA) is 124 Å². The fourth-order valence-corrected chi connectivity index (χ4v) is 6.89. The number of thiazole rings is 1. The summed E-state index contributed by atoms with van der Waals surface area (Å²) in [5.41, 5.74) is -0.115. The number of carbonyl (C=O) groups excluding carboxylic acids is 1. The van der Waals surface area contributed by atoms with Gasteiger partial charge < -0.3 is 14.7 Å². The average molecular weight is 662 g/mol. The van der Waals surface area contributed by atoms with Gasteiger partial charge in [0.05, 0.1) is 36.7 Å². The molecule has 0 unspecified atom stereocenters. The highest BCUT2D eigenvalue weighted by molar-refractivity contribution is 7.16. The van der Waals surface area contributed by atoms with Crippen LogP contribution in [0.3, 0.4) is 0 Å². The van der Waals surface area contributed by atoms with Crippen LogP contribution in [0.5, 0.6) is 5.75 Å². The van der Waals surface area contributed by atoms with E-state index in [-0.39, 0.29) is 29.6 Å². The van der Waals surface area contributed by atoms with Gasteiger partial charge in [-0.2, -0.15) is 13.2 Å². The number of halogens is 3. The molecule has 46 heavy (non-hydrogen) atoms. The summed E-state index contributed by atoms with van der Waals surface area (Å²) in [5.74, 6) is -0.979. The second-order valence-corrected chi connectivity index (χ2v) is 12.4. The standard InChI is InChI=1S/C31H38F3N7O4S/c1-3-21-6-5-10-41(21)19-25-28(20-7-8-24(45-4-2)22(16-20)31(32,33)34)37-30(46-25)38-29(44)23-17-36-26(18-35-23)40-14-12-39(13-15-40)11-9-27(42)43/h7-8,16-18,21H,3-6,9-15,19H2,1-2H3,(H,42,43)(H,37,38,44)/t21-/m1/s1. The highest BCUT2D eigenvalue weighted by atomic mass is 32.1. The molecular formula is C31H38F3N7O4S. The van der Waals surface area contributed by atoms with Crippen molar-refractivity contribution in [3.8, 4) is 17.0 Å². The van der Waals surface area contributed by atoms with Crippen molar-refractivity contribution in [1.29, 1.82) is 0 Å². The number of amides is 1. The Morgan fingerprint density at radius 1 is 1.11 bits per heavy atom. The van der Waals surface area contributed by atoms with Crippen LogP contribution in [-0.4, -0.2) is 93.7 Å². The predicted octanol–water partition coefficient (Wildman–Crippen LogP) is 5.24. The molecule has 1 aromatic carbocycles. The molecule has 2 aliphatic heterocycles. The highest BCUT2D eigenvalue weighted by Gasteiger charge is 2.35. The molecule has 248 valence electrons. The Bertz CT molecular complexity index is 1510. The van der Waals surface area contributed by atoms with Gasteiger partial charge in [-0.25, -0.2) is 15.0 Å². The fraction of sp³-hybridized carbons (Fsp3) is 0.516. The monoisotopic (exact) mass is 661 g/mol. The van der Waals surface area contributed by atoms with E-state index in [2.05, 4.69) is 37.0 Å². The number of rotatable bonds is 12. The molecular weight excluding hydrogens is 623 g/mol. The van der Waals surface area contributed by atoms with Gasteiger partial charge in [0.15, 0.2) is 5.13 Å². The number of aliphatic carboxylic acids is 1. The average Bonchev–Trinajstić information content (AvgIpc) is 3.66. The maximum atomic E-state index is 14.0. The molecule has 1 atom stereocenters. The van der Waals surface area contributed by atoms with Gasteiger partial charge in [0.2, 0.25) is 0 Å². The quantitative estimate of drug-likeness (QED) is 0.266. The summed E-state index contributed by atoms with van der Waals surface area (Å²) >= 11 is 1.24. The van der Waals surface area contributed by atoms with E-state index in [4.69, 9.17) is 9.84 Å². The summed E-state index contributed by atoms with van der Waals surface area (Å²) in [7, 11) is 0. The van der Waals surface area contributed by atoms with Crippen LogP contribution >= 0.6 is 11.3 Å². The third kappa shape index (κ3) is 8.12. The van der Waals surface area contributed by atoms with E-state index in [1.807, 2.05) is 4.90 Å². The molecule has 0 aliphatic carbocycles. The molecule has 0 saturated carbocycles. The smallest absolute Gasteiger partial charge is 0.419 e. The van der Waals surface area contributed by atoms with Gasteiger partial charge >= 0.3 is 12.1 Å². The molecule has 2 N–H and O–H groups in total. The first-order valence-corrected chi connectivity index (χ1v) is 16.3. The Balaban J connectivity index is 1.34. The number of likely N-dealkylation sites (tertiary alicyclic amines) is 1. The number of benzene rings is 1. The highest BCUT2D eigenvalue weighted by Crippen LogP contribution is 2.41. The Morgan fingerprint density at radius 3 is 2.54 bits per heavy atom. The largest absolute Gasteiger partial charge is 0.493 e. The number of hydrogen-bond acceptors (Lipinski definition) is 10.